The highest BCUT2D eigenvalue weighted by molar-refractivity contribution is 5.26. The summed E-state index contributed by atoms with van der Waals surface area (Å²) in [5.74, 6) is 0. The molecule has 1 aliphatic heterocycles. The van der Waals surface area contributed by atoms with E-state index in [1.165, 1.54) is 36.8 Å². The van der Waals surface area contributed by atoms with Gasteiger partial charge in [0.15, 0.2) is 6.29 Å². The molecule has 21 heavy (non-hydrogen) atoms. The second-order valence-electron chi connectivity index (χ2n) is 7.08. The molecule has 1 saturated carbocycles. The van der Waals surface area contributed by atoms with Crippen molar-refractivity contribution in [3.63, 3.8) is 0 Å². The average molecular weight is 286 g/mol. The lowest BCUT2D eigenvalue weighted by Gasteiger charge is -2.31. The van der Waals surface area contributed by atoms with E-state index in [1.54, 1.807) is 5.57 Å². The lowest BCUT2D eigenvalue weighted by atomic mass is 9.75. The van der Waals surface area contributed by atoms with Gasteiger partial charge in [0.1, 0.15) is 0 Å². The fourth-order valence-corrected chi connectivity index (χ4v) is 3.10. The molecule has 2 heteroatoms. The van der Waals surface area contributed by atoms with Gasteiger partial charge in [0, 0.05) is 6.42 Å². The van der Waals surface area contributed by atoms with Crippen LogP contribution in [0.15, 0.2) is 35.9 Å². The smallest absolute Gasteiger partial charge is 0.161 e. The summed E-state index contributed by atoms with van der Waals surface area (Å²) < 4.78 is 11.8. The van der Waals surface area contributed by atoms with Gasteiger partial charge in [0.25, 0.3) is 0 Å². The number of ether oxygens (including phenoxy) is 2. The normalized spacial score (nSPS) is 22.5. The molecular weight excluding hydrogens is 260 g/mol. The van der Waals surface area contributed by atoms with Gasteiger partial charge >= 0.3 is 0 Å². The van der Waals surface area contributed by atoms with E-state index < -0.39 is 0 Å². The highest BCUT2D eigenvalue weighted by Crippen LogP contribution is 2.37. The van der Waals surface area contributed by atoms with Crippen molar-refractivity contribution in [1.82, 2.24) is 0 Å². The van der Waals surface area contributed by atoms with E-state index in [4.69, 9.17) is 9.47 Å². The van der Waals surface area contributed by atoms with Crippen LogP contribution in [0.5, 0.6) is 0 Å². The lowest BCUT2D eigenvalue weighted by molar-refractivity contribution is -0.146. The van der Waals surface area contributed by atoms with Crippen molar-refractivity contribution in [3.05, 3.63) is 47.0 Å². The van der Waals surface area contributed by atoms with Crippen molar-refractivity contribution < 1.29 is 9.47 Å². The minimum Gasteiger partial charge on any atom is -0.348 e. The number of benzene rings is 1. The highest BCUT2D eigenvalue weighted by atomic mass is 16.7. The SMILES string of the molecule is CC1(C)CCC(=CCC2OCc3ccccc3CO2)CC1. The molecule has 0 N–H and O–H groups in total. The molecule has 3 rings (SSSR count). The number of allylic oxidation sites excluding steroid dienone is 1. The molecule has 1 aromatic carbocycles. The van der Waals surface area contributed by atoms with Gasteiger partial charge in [-0.2, -0.15) is 0 Å². The predicted octanol–water partition coefficient (Wildman–Crippen LogP) is 4.98. The molecule has 2 aliphatic rings. The van der Waals surface area contributed by atoms with Crippen LogP contribution in [0.1, 0.15) is 57.1 Å². The number of hydrogen-bond acceptors (Lipinski definition) is 2. The minimum absolute atomic E-state index is 0.0974. The van der Waals surface area contributed by atoms with E-state index in [-0.39, 0.29) is 6.29 Å². The van der Waals surface area contributed by atoms with E-state index in [2.05, 4.69) is 44.2 Å². The first kappa shape index (κ1) is 14.8. The van der Waals surface area contributed by atoms with Crippen LogP contribution >= 0.6 is 0 Å². The third-order valence-corrected chi connectivity index (χ3v) is 4.81. The molecule has 114 valence electrons. The zero-order valence-corrected chi connectivity index (χ0v) is 13.2. The first-order valence-electron chi connectivity index (χ1n) is 8.10. The Morgan fingerprint density at radius 1 is 1.05 bits per heavy atom. The van der Waals surface area contributed by atoms with Gasteiger partial charge in [-0.25, -0.2) is 0 Å². The van der Waals surface area contributed by atoms with Crippen molar-refractivity contribution in [3.8, 4) is 0 Å². The standard InChI is InChI=1S/C19H26O2/c1-19(2)11-9-15(10-12-19)7-8-18-20-13-16-5-3-4-6-17(16)14-21-18/h3-7,18H,8-14H2,1-2H3. The molecule has 0 atom stereocenters. The fraction of sp³-hybridized carbons (Fsp3) is 0.579. The maximum Gasteiger partial charge on any atom is 0.161 e. The van der Waals surface area contributed by atoms with Crippen LogP contribution in [0.3, 0.4) is 0 Å². The van der Waals surface area contributed by atoms with Crippen LogP contribution in [0.25, 0.3) is 0 Å². The Balaban J connectivity index is 1.53. The van der Waals surface area contributed by atoms with Gasteiger partial charge in [-0.05, 0) is 42.2 Å². The van der Waals surface area contributed by atoms with Crippen molar-refractivity contribution in [2.75, 3.05) is 0 Å². The number of fused-ring (bicyclic) bond motifs is 1. The zero-order valence-electron chi connectivity index (χ0n) is 13.2. The van der Waals surface area contributed by atoms with E-state index >= 15 is 0 Å². The summed E-state index contributed by atoms with van der Waals surface area (Å²) in [5, 5.41) is 0. The largest absolute Gasteiger partial charge is 0.348 e. The Labute approximate surface area is 128 Å². The molecule has 0 radical (unpaired) electrons. The Hall–Kier alpha value is -1.12. The molecule has 0 spiro atoms. The van der Waals surface area contributed by atoms with Gasteiger partial charge in [-0.3, -0.25) is 0 Å². The summed E-state index contributed by atoms with van der Waals surface area (Å²) in [7, 11) is 0. The van der Waals surface area contributed by atoms with Gasteiger partial charge in [0.2, 0.25) is 0 Å². The maximum absolute atomic E-state index is 5.89. The average Bonchev–Trinajstić information content (AvgIpc) is 2.69. The van der Waals surface area contributed by atoms with Crippen LogP contribution in [0.2, 0.25) is 0 Å². The van der Waals surface area contributed by atoms with E-state index in [0.717, 1.165) is 6.42 Å². The van der Waals surface area contributed by atoms with Crippen molar-refractivity contribution in [2.45, 2.75) is 65.5 Å². The van der Waals surface area contributed by atoms with Crippen LogP contribution < -0.4 is 0 Å². The lowest BCUT2D eigenvalue weighted by Crippen LogP contribution is -2.17. The second kappa shape index (κ2) is 6.33. The topological polar surface area (TPSA) is 18.5 Å². The molecule has 1 aliphatic carbocycles. The van der Waals surface area contributed by atoms with Gasteiger partial charge in [-0.1, -0.05) is 49.8 Å². The van der Waals surface area contributed by atoms with Gasteiger partial charge in [0.05, 0.1) is 13.2 Å². The number of hydrogen-bond donors (Lipinski definition) is 0. The van der Waals surface area contributed by atoms with Gasteiger partial charge in [-0.15, -0.1) is 0 Å². The molecule has 0 amide bonds. The summed E-state index contributed by atoms with van der Waals surface area (Å²) in [5.41, 5.74) is 4.62. The van der Waals surface area contributed by atoms with Crippen LogP contribution in [-0.2, 0) is 22.7 Å². The molecule has 1 heterocycles. The Kier molecular flexibility index (Phi) is 4.46. The molecule has 1 aromatic rings. The van der Waals surface area contributed by atoms with E-state index in [9.17, 15) is 0 Å². The minimum atomic E-state index is -0.0974. The zero-order chi connectivity index (χ0) is 14.7. The molecule has 0 unspecified atom stereocenters. The van der Waals surface area contributed by atoms with Crippen LogP contribution in [0, 0.1) is 5.41 Å². The van der Waals surface area contributed by atoms with Crippen molar-refractivity contribution in [1.29, 1.82) is 0 Å². The first-order chi connectivity index (χ1) is 10.1. The Morgan fingerprint density at radius 3 is 2.19 bits per heavy atom. The molecule has 0 bridgehead atoms. The molecule has 0 aromatic heterocycles. The van der Waals surface area contributed by atoms with E-state index in [1.807, 2.05) is 0 Å². The van der Waals surface area contributed by atoms with Crippen molar-refractivity contribution >= 4 is 0 Å². The molecule has 0 saturated heterocycles. The summed E-state index contributed by atoms with van der Waals surface area (Å²) in [4.78, 5) is 0. The summed E-state index contributed by atoms with van der Waals surface area (Å²) in [6.45, 7) is 6.07. The van der Waals surface area contributed by atoms with Gasteiger partial charge < -0.3 is 9.47 Å². The molecule has 2 nitrogen and oxygen atoms in total. The van der Waals surface area contributed by atoms with Crippen molar-refractivity contribution in [2.24, 2.45) is 5.41 Å². The third kappa shape index (κ3) is 3.96. The maximum atomic E-state index is 5.89. The van der Waals surface area contributed by atoms with Crippen LogP contribution in [0.4, 0.5) is 0 Å². The third-order valence-electron chi connectivity index (χ3n) is 4.81. The highest BCUT2D eigenvalue weighted by Gasteiger charge is 2.23. The fourth-order valence-electron chi connectivity index (χ4n) is 3.10. The monoisotopic (exact) mass is 286 g/mol. The van der Waals surface area contributed by atoms with E-state index in [0.29, 0.717) is 18.6 Å². The summed E-state index contributed by atoms with van der Waals surface area (Å²) in [6.07, 6.45) is 8.21. The summed E-state index contributed by atoms with van der Waals surface area (Å²) >= 11 is 0. The first-order valence-corrected chi connectivity index (χ1v) is 8.10. The Bertz CT molecular complexity index is 477. The number of rotatable bonds is 2. The Morgan fingerprint density at radius 2 is 1.62 bits per heavy atom. The summed E-state index contributed by atoms with van der Waals surface area (Å²) in [6, 6.07) is 8.38. The predicted molar refractivity (Wildman–Crippen MR) is 84.8 cm³/mol. The molecular formula is C19H26O2. The quantitative estimate of drug-likeness (QED) is 0.714. The van der Waals surface area contributed by atoms with Crippen LogP contribution in [-0.4, -0.2) is 6.29 Å². The molecule has 1 fully saturated rings. The second-order valence-corrected chi connectivity index (χ2v) is 7.08.